The van der Waals surface area contributed by atoms with E-state index in [0.717, 1.165) is 11.2 Å². The highest BCUT2D eigenvalue weighted by Gasteiger charge is 2.50. The van der Waals surface area contributed by atoms with E-state index >= 15 is 0 Å². The molecule has 23 heavy (non-hydrogen) atoms. The molecule has 0 aliphatic carbocycles. The Hall–Kier alpha value is -1.37. The fourth-order valence-electron chi connectivity index (χ4n) is 2.50. The summed E-state index contributed by atoms with van der Waals surface area (Å²) in [7, 11) is 1.27. The summed E-state index contributed by atoms with van der Waals surface area (Å²) in [5.74, 6) is 0.527. The molecule has 1 aromatic rings. The molecule has 1 aromatic carbocycles. The maximum atomic E-state index is 9.15. The van der Waals surface area contributed by atoms with E-state index in [-0.39, 0.29) is 30.8 Å². The number of nitrogens with one attached hydrogen (secondary N) is 1. The molecule has 1 unspecified atom stereocenters. The Kier molecular flexibility index (Phi) is 5.18. The van der Waals surface area contributed by atoms with E-state index in [2.05, 4.69) is 44.9 Å². The molecule has 1 heterocycles. The van der Waals surface area contributed by atoms with Crippen LogP contribution in [0.25, 0.3) is 0 Å². The number of nitrogens with zero attached hydrogens (tertiary/aromatic N) is 1. The highest BCUT2D eigenvalue weighted by Crippen LogP contribution is 2.42. The molecule has 126 valence electrons. The van der Waals surface area contributed by atoms with Crippen LogP contribution in [0, 0.1) is 5.41 Å². The second kappa shape index (κ2) is 6.63. The third-order valence-electron chi connectivity index (χ3n) is 5.19. The second-order valence-corrected chi connectivity index (χ2v) is 7.04. The highest BCUT2D eigenvalue weighted by atomic mass is 16.6. The van der Waals surface area contributed by atoms with Gasteiger partial charge in [-0.25, -0.2) is 0 Å². The molecule has 0 saturated carbocycles. The minimum atomic E-state index is -0.376. The van der Waals surface area contributed by atoms with Crippen molar-refractivity contribution >= 4 is 24.1 Å². The average Bonchev–Trinajstić information content (AvgIpc) is 2.50. The molecule has 0 radical (unpaired) electrons. The first-order valence-electron chi connectivity index (χ1n) is 7.98. The van der Waals surface area contributed by atoms with Crippen molar-refractivity contribution in [2.75, 3.05) is 19.0 Å². The van der Waals surface area contributed by atoms with Crippen molar-refractivity contribution in [2.45, 2.75) is 46.3 Å². The van der Waals surface area contributed by atoms with Gasteiger partial charge in [0.1, 0.15) is 12.4 Å². The van der Waals surface area contributed by atoms with Gasteiger partial charge in [-0.15, -0.1) is 0 Å². The van der Waals surface area contributed by atoms with Gasteiger partial charge >= 0.3 is 7.12 Å². The van der Waals surface area contributed by atoms with E-state index in [9.17, 15) is 0 Å². The van der Waals surface area contributed by atoms with Crippen LogP contribution in [0.2, 0.25) is 0 Å². The van der Waals surface area contributed by atoms with Crippen molar-refractivity contribution < 1.29 is 14.4 Å². The number of aliphatic imine (C=N–C) groups is 1. The molecule has 1 fully saturated rings. The predicted molar refractivity (Wildman–Crippen MR) is 95.4 cm³/mol. The molecule has 0 amide bonds. The number of aliphatic hydroxyl groups excluding tert-OH is 1. The number of amidine groups is 1. The van der Waals surface area contributed by atoms with Crippen molar-refractivity contribution in [1.29, 1.82) is 0 Å². The molecule has 6 heteroatoms. The third-order valence-corrected chi connectivity index (χ3v) is 5.19. The predicted octanol–water partition coefficient (Wildman–Crippen LogP) is 2.05. The SMILES string of the molecule is CN=C(CO)Nc1ccc(B2OC(C)C(C)(C)C(C)(C)O2)cc1. The maximum absolute atomic E-state index is 9.15. The summed E-state index contributed by atoms with van der Waals surface area (Å²) in [4.78, 5) is 3.97. The smallest absolute Gasteiger partial charge is 0.404 e. The summed E-state index contributed by atoms with van der Waals surface area (Å²) in [6.07, 6.45) is 0.0854. The quantitative estimate of drug-likeness (QED) is 0.509. The molecule has 0 aromatic heterocycles. The number of hydrogen-bond donors (Lipinski definition) is 2. The monoisotopic (exact) mass is 318 g/mol. The lowest BCUT2D eigenvalue weighted by atomic mass is 9.66. The van der Waals surface area contributed by atoms with E-state index in [1.807, 2.05) is 24.3 Å². The van der Waals surface area contributed by atoms with Gasteiger partial charge in [0.05, 0.1) is 5.60 Å². The van der Waals surface area contributed by atoms with E-state index in [1.54, 1.807) is 7.05 Å². The molecule has 2 N–H and O–H groups in total. The van der Waals surface area contributed by atoms with Crippen LogP contribution in [-0.2, 0) is 9.31 Å². The van der Waals surface area contributed by atoms with Crippen LogP contribution in [0.1, 0.15) is 34.6 Å². The lowest BCUT2D eigenvalue weighted by Gasteiger charge is -2.51. The molecular weight excluding hydrogens is 291 g/mol. The van der Waals surface area contributed by atoms with Crippen molar-refractivity contribution in [3.05, 3.63) is 24.3 Å². The minimum Gasteiger partial charge on any atom is -0.404 e. The van der Waals surface area contributed by atoms with Gasteiger partial charge in [0.15, 0.2) is 0 Å². The normalized spacial score (nSPS) is 23.7. The number of rotatable bonds is 3. The van der Waals surface area contributed by atoms with Gasteiger partial charge in [-0.1, -0.05) is 26.0 Å². The first-order chi connectivity index (χ1) is 10.7. The summed E-state index contributed by atoms with van der Waals surface area (Å²) < 4.78 is 12.3. The first-order valence-corrected chi connectivity index (χ1v) is 7.98. The van der Waals surface area contributed by atoms with Gasteiger partial charge in [-0.2, -0.15) is 0 Å². The molecule has 2 rings (SSSR count). The topological polar surface area (TPSA) is 63.1 Å². The first kappa shape index (κ1) is 18.0. The zero-order valence-corrected chi connectivity index (χ0v) is 14.9. The summed E-state index contributed by atoms with van der Waals surface area (Å²) in [5.41, 5.74) is 1.49. The molecule has 1 saturated heterocycles. The van der Waals surface area contributed by atoms with Gasteiger partial charge in [0, 0.05) is 24.3 Å². The Morgan fingerprint density at radius 2 is 1.87 bits per heavy atom. The fourth-order valence-corrected chi connectivity index (χ4v) is 2.50. The summed E-state index contributed by atoms with van der Waals surface area (Å²) in [6.45, 7) is 10.5. The van der Waals surface area contributed by atoms with Gasteiger partial charge in [0.2, 0.25) is 0 Å². The zero-order valence-electron chi connectivity index (χ0n) is 14.9. The van der Waals surface area contributed by atoms with Gasteiger partial charge in [-0.3, -0.25) is 4.99 Å². The molecule has 1 aliphatic rings. The third kappa shape index (κ3) is 3.60. The zero-order chi connectivity index (χ0) is 17.3. The highest BCUT2D eigenvalue weighted by molar-refractivity contribution is 6.61. The average molecular weight is 318 g/mol. The van der Waals surface area contributed by atoms with Crippen LogP contribution >= 0.6 is 0 Å². The molecule has 1 atom stereocenters. The Morgan fingerprint density at radius 1 is 1.26 bits per heavy atom. The second-order valence-electron chi connectivity index (χ2n) is 7.04. The number of benzene rings is 1. The van der Waals surface area contributed by atoms with Crippen molar-refractivity contribution in [3.8, 4) is 0 Å². The van der Waals surface area contributed by atoms with Crippen LogP contribution < -0.4 is 10.8 Å². The molecule has 5 nitrogen and oxygen atoms in total. The maximum Gasteiger partial charge on any atom is 0.494 e. The Balaban J connectivity index is 2.14. The van der Waals surface area contributed by atoms with Crippen LogP contribution in [0.15, 0.2) is 29.3 Å². The number of hydrogen-bond acceptors (Lipinski definition) is 4. The molecular formula is C17H27BN2O3. The van der Waals surface area contributed by atoms with Gasteiger partial charge in [-0.05, 0) is 38.4 Å². The van der Waals surface area contributed by atoms with E-state index < -0.39 is 0 Å². The fraction of sp³-hybridized carbons (Fsp3) is 0.588. The largest absolute Gasteiger partial charge is 0.494 e. The van der Waals surface area contributed by atoms with Crippen LogP contribution in [0.4, 0.5) is 5.69 Å². The van der Waals surface area contributed by atoms with E-state index in [4.69, 9.17) is 14.4 Å². The van der Waals surface area contributed by atoms with Crippen LogP contribution in [0.3, 0.4) is 0 Å². The summed E-state index contributed by atoms with van der Waals surface area (Å²) >= 11 is 0. The van der Waals surface area contributed by atoms with Crippen molar-refractivity contribution in [3.63, 3.8) is 0 Å². The van der Waals surface area contributed by atoms with E-state index in [1.165, 1.54) is 0 Å². The lowest BCUT2D eigenvalue weighted by Crippen LogP contribution is -2.61. The Morgan fingerprint density at radius 3 is 2.35 bits per heavy atom. The summed E-state index contributed by atoms with van der Waals surface area (Å²) in [6, 6.07) is 7.80. The van der Waals surface area contributed by atoms with Crippen LogP contribution in [-0.4, -0.2) is 43.4 Å². The van der Waals surface area contributed by atoms with E-state index in [0.29, 0.717) is 5.84 Å². The lowest BCUT2D eigenvalue weighted by molar-refractivity contribution is -0.130. The number of aliphatic hydroxyl groups is 1. The minimum absolute atomic E-state index is 0.0708. The standard InChI is InChI=1S/C17H27BN2O3/c1-12-16(2,3)17(4,5)23-18(22-12)13-7-9-14(10-8-13)20-15(11-21)19-6/h7-10,12,21H,11H2,1-6H3,(H,19,20). The number of anilines is 1. The summed E-state index contributed by atoms with van der Waals surface area (Å²) in [5, 5.41) is 12.2. The van der Waals surface area contributed by atoms with Crippen molar-refractivity contribution in [2.24, 2.45) is 10.4 Å². The van der Waals surface area contributed by atoms with Crippen LogP contribution in [0.5, 0.6) is 0 Å². The molecule has 0 bridgehead atoms. The Bertz CT molecular complexity index is 570. The van der Waals surface area contributed by atoms with Gasteiger partial charge in [0.25, 0.3) is 0 Å². The Labute approximate surface area is 139 Å². The molecule has 0 spiro atoms. The molecule has 1 aliphatic heterocycles. The van der Waals surface area contributed by atoms with Crippen molar-refractivity contribution in [1.82, 2.24) is 0 Å². The van der Waals surface area contributed by atoms with Gasteiger partial charge < -0.3 is 19.7 Å².